The summed E-state index contributed by atoms with van der Waals surface area (Å²) in [6, 6.07) is 8.24. The molecule has 2 aromatic rings. The Balaban J connectivity index is 2.51. The highest BCUT2D eigenvalue weighted by Gasteiger charge is 2.07. The molecule has 0 aliphatic heterocycles. The van der Waals surface area contributed by atoms with E-state index in [2.05, 4.69) is 26.7 Å². The Labute approximate surface area is 74.7 Å². The van der Waals surface area contributed by atoms with Gasteiger partial charge in [-0.15, -0.1) is 10.2 Å². The summed E-state index contributed by atoms with van der Waals surface area (Å²) < 4.78 is 5.13. The molecule has 0 saturated heterocycles. The van der Waals surface area contributed by atoms with E-state index in [1.807, 2.05) is 0 Å². The van der Waals surface area contributed by atoms with Crippen molar-refractivity contribution in [3.8, 4) is 17.1 Å². The lowest BCUT2D eigenvalue weighted by molar-refractivity contribution is 0.416. The van der Waals surface area contributed by atoms with E-state index in [0.717, 1.165) is 5.56 Å². The van der Waals surface area contributed by atoms with Gasteiger partial charge < -0.3 is 4.74 Å². The molecular weight excluding hydrogens is 168 g/mol. The van der Waals surface area contributed by atoms with Gasteiger partial charge >= 0.3 is 0 Å². The van der Waals surface area contributed by atoms with Gasteiger partial charge in [0, 0.05) is 0 Å². The number of hydrogen-bond acceptors (Lipinski definition) is 4. The predicted molar refractivity (Wildman–Crippen MR) is 45.0 cm³/mol. The minimum Gasteiger partial charge on any atom is -0.496 e. The van der Waals surface area contributed by atoms with Crippen molar-refractivity contribution in [3.63, 3.8) is 0 Å². The quantitative estimate of drug-likeness (QED) is 0.728. The van der Waals surface area contributed by atoms with Crippen molar-refractivity contribution < 1.29 is 4.74 Å². The second-order valence-electron chi connectivity index (χ2n) is 2.36. The molecule has 5 nitrogen and oxygen atoms in total. The number of nitrogens with zero attached hydrogens (tertiary/aromatic N) is 3. The maximum absolute atomic E-state index is 5.13. The van der Waals surface area contributed by atoms with Gasteiger partial charge in [-0.2, -0.15) is 5.21 Å². The van der Waals surface area contributed by atoms with Crippen LogP contribution in [0.4, 0.5) is 0 Å². The fraction of sp³-hybridized carbons (Fsp3) is 0.125. The Hall–Kier alpha value is -1.91. The van der Waals surface area contributed by atoms with E-state index in [1.54, 1.807) is 25.3 Å². The molecule has 0 atom stereocenters. The molecule has 13 heavy (non-hydrogen) atoms. The Morgan fingerprint density at radius 1 is 1.54 bits per heavy atom. The normalized spacial score (nSPS) is 9.92. The third-order valence-electron chi connectivity index (χ3n) is 1.63. The SMILES string of the molecule is COc1cc[c]cc1-c1nn[nH]n1. The monoisotopic (exact) mass is 175 g/mol. The van der Waals surface area contributed by atoms with E-state index in [0.29, 0.717) is 11.6 Å². The molecule has 1 N–H and O–H groups in total. The summed E-state index contributed by atoms with van der Waals surface area (Å²) >= 11 is 0. The van der Waals surface area contributed by atoms with Gasteiger partial charge in [-0.3, -0.25) is 0 Å². The molecule has 0 bridgehead atoms. The molecule has 5 heteroatoms. The van der Waals surface area contributed by atoms with Crippen LogP contribution in [0.3, 0.4) is 0 Å². The summed E-state index contributed by atoms with van der Waals surface area (Å²) in [7, 11) is 1.60. The number of rotatable bonds is 2. The van der Waals surface area contributed by atoms with Crippen LogP contribution in [0.5, 0.6) is 5.75 Å². The zero-order chi connectivity index (χ0) is 9.10. The number of aromatic amines is 1. The molecule has 0 amide bonds. The van der Waals surface area contributed by atoms with E-state index < -0.39 is 0 Å². The molecule has 65 valence electrons. The van der Waals surface area contributed by atoms with Crippen molar-refractivity contribution in [2.75, 3.05) is 7.11 Å². The van der Waals surface area contributed by atoms with Gasteiger partial charge in [0.05, 0.1) is 12.7 Å². The van der Waals surface area contributed by atoms with E-state index in [-0.39, 0.29) is 0 Å². The van der Waals surface area contributed by atoms with Crippen molar-refractivity contribution >= 4 is 0 Å². The first-order valence-electron chi connectivity index (χ1n) is 3.69. The molecule has 0 saturated carbocycles. The van der Waals surface area contributed by atoms with Crippen LogP contribution in [0.2, 0.25) is 0 Å². The molecule has 1 aromatic carbocycles. The third kappa shape index (κ3) is 1.35. The molecule has 1 heterocycles. The van der Waals surface area contributed by atoms with E-state index in [1.165, 1.54) is 0 Å². The Bertz CT molecular complexity index is 385. The first-order chi connectivity index (χ1) is 6.42. The van der Waals surface area contributed by atoms with Gasteiger partial charge in [0.25, 0.3) is 0 Å². The van der Waals surface area contributed by atoms with E-state index >= 15 is 0 Å². The summed E-state index contributed by atoms with van der Waals surface area (Å²) in [5.41, 5.74) is 0.777. The van der Waals surface area contributed by atoms with Crippen LogP contribution in [-0.2, 0) is 0 Å². The number of nitrogens with one attached hydrogen (secondary N) is 1. The molecule has 1 aromatic heterocycles. The summed E-state index contributed by atoms with van der Waals surface area (Å²) in [6.07, 6.45) is 0. The predicted octanol–water partition coefficient (Wildman–Crippen LogP) is 0.675. The highest BCUT2D eigenvalue weighted by molar-refractivity contribution is 5.62. The Morgan fingerprint density at radius 2 is 2.46 bits per heavy atom. The van der Waals surface area contributed by atoms with Crippen molar-refractivity contribution in [3.05, 3.63) is 24.3 Å². The Morgan fingerprint density at radius 3 is 3.15 bits per heavy atom. The maximum atomic E-state index is 5.13. The molecule has 1 radical (unpaired) electrons. The van der Waals surface area contributed by atoms with Gasteiger partial charge in [-0.1, -0.05) is 6.07 Å². The van der Waals surface area contributed by atoms with E-state index in [9.17, 15) is 0 Å². The minimum atomic E-state index is 0.508. The zero-order valence-corrected chi connectivity index (χ0v) is 6.98. The van der Waals surface area contributed by atoms with Crippen LogP contribution in [0, 0.1) is 6.07 Å². The second-order valence-corrected chi connectivity index (χ2v) is 2.36. The summed E-state index contributed by atoms with van der Waals surface area (Å²) in [5, 5.41) is 13.5. The van der Waals surface area contributed by atoms with Crippen molar-refractivity contribution in [2.45, 2.75) is 0 Å². The minimum absolute atomic E-state index is 0.508. The average molecular weight is 175 g/mol. The average Bonchev–Trinajstić information content (AvgIpc) is 2.70. The van der Waals surface area contributed by atoms with Crippen LogP contribution >= 0.6 is 0 Å². The lowest BCUT2D eigenvalue weighted by Gasteiger charge is -2.02. The zero-order valence-electron chi connectivity index (χ0n) is 6.98. The largest absolute Gasteiger partial charge is 0.496 e. The fourth-order valence-electron chi connectivity index (χ4n) is 1.04. The molecular formula is C8H7N4O. The molecule has 0 spiro atoms. The lowest BCUT2D eigenvalue weighted by atomic mass is 10.2. The van der Waals surface area contributed by atoms with Crippen LogP contribution in [0.25, 0.3) is 11.4 Å². The Kier molecular flexibility index (Phi) is 1.91. The fourth-order valence-corrected chi connectivity index (χ4v) is 1.04. The van der Waals surface area contributed by atoms with Crippen molar-refractivity contribution in [2.24, 2.45) is 0 Å². The topological polar surface area (TPSA) is 63.7 Å². The van der Waals surface area contributed by atoms with Crippen LogP contribution in [0.1, 0.15) is 0 Å². The molecule has 0 fully saturated rings. The number of hydrogen-bond donors (Lipinski definition) is 1. The van der Waals surface area contributed by atoms with Crippen LogP contribution in [-0.4, -0.2) is 27.7 Å². The number of benzene rings is 1. The third-order valence-corrected chi connectivity index (χ3v) is 1.63. The summed E-state index contributed by atoms with van der Waals surface area (Å²) in [4.78, 5) is 0. The highest BCUT2D eigenvalue weighted by Crippen LogP contribution is 2.25. The van der Waals surface area contributed by atoms with Gasteiger partial charge in [-0.25, -0.2) is 0 Å². The molecule has 0 aliphatic rings. The van der Waals surface area contributed by atoms with Gasteiger partial charge in [0.15, 0.2) is 0 Å². The lowest BCUT2D eigenvalue weighted by Crippen LogP contribution is -1.88. The summed E-state index contributed by atoms with van der Waals surface area (Å²) in [5.74, 6) is 1.22. The first-order valence-corrected chi connectivity index (χ1v) is 3.69. The number of aromatic nitrogens is 4. The number of tetrazole rings is 1. The molecule has 0 unspecified atom stereocenters. The summed E-state index contributed by atoms with van der Waals surface area (Å²) in [6.45, 7) is 0. The van der Waals surface area contributed by atoms with E-state index in [4.69, 9.17) is 4.74 Å². The first kappa shape index (κ1) is 7.72. The van der Waals surface area contributed by atoms with Crippen LogP contribution in [0.15, 0.2) is 18.2 Å². The van der Waals surface area contributed by atoms with Gasteiger partial charge in [0.2, 0.25) is 5.82 Å². The smallest absolute Gasteiger partial charge is 0.208 e. The van der Waals surface area contributed by atoms with Gasteiger partial charge in [-0.05, 0) is 23.4 Å². The second kappa shape index (κ2) is 3.22. The van der Waals surface area contributed by atoms with Crippen molar-refractivity contribution in [1.82, 2.24) is 20.6 Å². The van der Waals surface area contributed by atoms with Gasteiger partial charge in [0.1, 0.15) is 5.75 Å². The highest BCUT2D eigenvalue weighted by atomic mass is 16.5. The van der Waals surface area contributed by atoms with Crippen LogP contribution < -0.4 is 4.74 Å². The van der Waals surface area contributed by atoms with Crippen molar-refractivity contribution in [1.29, 1.82) is 0 Å². The maximum Gasteiger partial charge on any atom is 0.208 e. The number of ether oxygens (including phenoxy) is 1. The molecule has 0 aliphatic carbocycles. The molecule has 2 rings (SSSR count). The number of H-pyrrole nitrogens is 1. The standard InChI is InChI=1S/C8H7N4O/c1-13-7-5-3-2-4-6(7)8-9-11-12-10-8/h3-5H,1H3,(H,9,10,11,12). The number of methoxy groups -OCH3 is 1.